The number of nitrogens with one attached hydrogen (secondary N) is 1. The van der Waals surface area contributed by atoms with Crippen LogP contribution in [-0.2, 0) is 4.74 Å². The van der Waals surface area contributed by atoms with Crippen LogP contribution in [0.5, 0.6) is 5.88 Å². The van der Waals surface area contributed by atoms with Crippen LogP contribution in [0.3, 0.4) is 0 Å². The lowest BCUT2D eigenvalue weighted by Gasteiger charge is -2.52. The number of rotatable bonds is 3. The summed E-state index contributed by atoms with van der Waals surface area (Å²) in [4.78, 5) is 29.4. The van der Waals surface area contributed by atoms with Crippen molar-refractivity contribution in [1.29, 1.82) is 0 Å². The van der Waals surface area contributed by atoms with Crippen molar-refractivity contribution in [2.75, 3.05) is 19.7 Å². The summed E-state index contributed by atoms with van der Waals surface area (Å²) in [6, 6.07) is 0. The van der Waals surface area contributed by atoms with Crippen molar-refractivity contribution in [1.82, 2.24) is 24.8 Å². The molecule has 2 aliphatic rings. The number of hydrogen-bond acceptors (Lipinski definition) is 6. The van der Waals surface area contributed by atoms with Gasteiger partial charge in [0, 0.05) is 30.9 Å². The molecule has 1 N–H and O–H groups in total. The van der Waals surface area contributed by atoms with Crippen LogP contribution < -0.4 is 4.74 Å². The second kappa shape index (κ2) is 5.86. The third kappa shape index (κ3) is 2.73. The molecule has 2 aliphatic heterocycles. The van der Waals surface area contributed by atoms with E-state index in [1.807, 2.05) is 6.92 Å². The quantitative estimate of drug-likeness (QED) is 0.901. The molecule has 8 nitrogen and oxygen atoms in total. The largest absolute Gasteiger partial charge is 0.473 e. The minimum Gasteiger partial charge on any atom is -0.473 e. The first-order valence-corrected chi connectivity index (χ1v) is 8.01. The van der Waals surface area contributed by atoms with Gasteiger partial charge in [-0.05, 0) is 6.92 Å². The Hall–Kier alpha value is -2.48. The van der Waals surface area contributed by atoms with Crippen LogP contribution in [-0.4, -0.2) is 62.1 Å². The number of H-pyrrole nitrogens is 1. The van der Waals surface area contributed by atoms with Crippen LogP contribution >= 0.6 is 0 Å². The first kappa shape index (κ1) is 15.1. The normalized spacial score (nSPS) is 22.2. The SMILES string of the molecule is Cc1[nH]cnc1C(=O)N1CC2(C[C@@H](Oc3cnccn3)CCO2)C1. The minimum atomic E-state index is -0.314. The monoisotopic (exact) mass is 329 g/mol. The Kier molecular flexibility index (Phi) is 3.68. The lowest BCUT2D eigenvalue weighted by atomic mass is 9.84. The summed E-state index contributed by atoms with van der Waals surface area (Å²) in [5, 5.41) is 0. The number of carbonyl (C=O) groups excluding carboxylic acids is 1. The Morgan fingerprint density at radius 2 is 2.29 bits per heavy atom. The van der Waals surface area contributed by atoms with Gasteiger partial charge in [-0.1, -0.05) is 0 Å². The van der Waals surface area contributed by atoms with Gasteiger partial charge in [0.2, 0.25) is 5.88 Å². The van der Waals surface area contributed by atoms with Crippen LogP contribution in [0.15, 0.2) is 24.9 Å². The number of likely N-dealkylation sites (tertiary alicyclic amines) is 1. The van der Waals surface area contributed by atoms with Gasteiger partial charge in [0.15, 0.2) is 0 Å². The molecule has 4 rings (SSSR count). The van der Waals surface area contributed by atoms with Gasteiger partial charge in [-0.25, -0.2) is 9.97 Å². The van der Waals surface area contributed by atoms with Crippen molar-refractivity contribution in [3.63, 3.8) is 0 Å². The smallest absolute Gasteiger partial charge is 0.274 e. The van der Waals surface area contributed by atoms with Gasteiger partial charge in [0.05, 0.1) is 32.2 Å². The molecule has 2 aromatic rings. The van der Waals surface area contributed by atoms with Gasteiger partial charge in [0.25, 0.3) is 5.91 Å². The highest BCUT2D eigenvalue weighted by Crippen LogP contribution is 2.36. The zero-order chi connectivity index (χ0) is 16.6. The van der Waals surface area contributed by atoms with Crippen molar-refractivity contribution in [2.24, 2.45) is 0 Å². The fourth-order valence-electron chi connectivity index (χ4n) is 3.34. The van der Waals surface area contributed by atoms with E-state index in [0.29, 0.717) is 31.3 Å². The maximum Gasteiger partial charge on any atom is 0.274 e. The number of nitrogens with zero attached hydrogens (tertiary/aromatic N) is 4. The number of aromatic nitrogens is 4. The Labute approximate surface area is 139 Å². The van der Waals surface area contributed by atoms with Crippen molar-refractivity contribution in [3.8, 4) is 5.88 Å². The van der Waals surface area contributed by atoms with E-state index in [4.69, 9.17) is 9.47 Å². The molecule has 1 amide bonds. The molecule has 8 heteroatoms. The molecule has 2 fully saturated rings. The van der Waals surface area contributed by atoms with Gasteiger partial charge in [-0.3, -0.25) is 9.78 Å². The van der Waals surface area contributed by atoms with E-state index in [1.165, 1.54) is 0 Å². The van der Waals surface area contributed by atoms with Gasteiger partial charge < -0.3 is 19.4 Å². The van der Waals surface area contributed by atoms with E-state index in [9.17, 15) is 4.79 Å². The average Bonchev–Trinajstić information content (AvgIpc) is 2.99. The summed E-state index contributed by atoms with van der Waals surface area (Å²) in [6.07, 6.45) is 7.96. The van der Waals surface area contributed by atoms with Crippen LogP contribution in [0, 0.1) is 6.92 Å². The van der Waals surface area contributed by atoms with E-state index in [0.717, 1.165) is 18.5 Å². The molecule has 0 saturated carbocycles. The predicted molar refractivity (Wildman–Crippen MR) is 83.6 cm³/mol. The van der Waals surface area contributed by atoms with Crippen LogP contribution in [0.4, 0.5) is 0 Å². The van der Waals surface area contributed by atoms with Crippen molar-refractivity contribution in [2.45, 2.75) is 31.5 Å². The van der Waals surface area contributed by atoms with E-state index in [2.05, 4.69) is 19.9 Å². The highest BCUT2D eigenvalue weighted by molar-refractivity contribution is 5.94. The predicted octanol–water partition coefficient (Wildman–Crippen LogP) is 0.961. The van der Waals surface area contributed by atoms with E-state index in [-0.39, 0.29) is 17.6 Å². The van der Waals surface area contributed by atoms with Crippen LogP contribution in [0.1, 0.15) is 29.0 Å². The number of carbonyl (C=O) groups is 1. The first-order chi connectivity index (χ1) is 11.7. The standard InChI is InChI=1S/C16H19N5O3/c1-11-14(20-10-19-11)15(22)21-8-16(9-21)6-12(2-5-23-16)24-13-7-17-3-4-18-13/h3-4,7,10,12H,2,5-6,8-9H2,1H3,(H,19,20)/t12-/m0/s1. The topological polar surface area (TPSA) is 93.2 Å². The Bertz CT molecular complexity index is 726. The Balaban J connectivity index is 1.37. The zero-order valence-electron chi connectivity index (χ0n) is 13.4. The maximum atomic E-state index is 12.4. The molecule has 1 atom stereocenters. The van der Waals surface area contributed by atoms with E-state index in [1.54, 1.807) is 29.8 Å². The average molecular weight is 329 g/mol. The van der Waals surface area contributed by atoms with Crippen molar-refractivity contribution < 1.29 is 14.3 Å². The molecular weight excluding hydrogens is 310 g/mol. The van der Waals surface area contributed by atoms with Crippen LogP contribution in [0.2, 0.25) is 0 Å². The third-order valence-electron chi connectivity index (χ3n) is 4.55. The summed E-state index contributed by atoms with van der Waals surface area (Å²) in [6.45, 7) is 3.60. The van der Waals surface area contributed by atoms with Crippen molar-refractivity contribution in [3.05, 3.63) is 36.3 Å². The number of amides is 1. The number of aryl methyl sites for hydroxylation is 1. The molecule has 24 heavy (non-hydrogen) atoms. The molecule has 2 saturated heterocycles. The summed E-state index contributed by atoms with van der Waals surface area (Å²) >= 11 is 0. The van der Waals surface area contributed by atoms with Gasteiger partial charge in [-0.15, -0.1) is 0 Å². The lowest BCUT2D eigenvalue weighted by molar-refractivity contribution is -0.174. The molecule has 0 bridgehead atoms. The Morgan fingerprint density at radius 1 is 1.42 bits per heavy atom. The third-order valence-corrected chi connectivity index (χ3v) is 4.55. The molecule has 0 unspecified atom stereocenters. The molecule has 0 aliphatic carbocycles. The second-order valence-electron chi connectivity index (χ2n) is 6.35. The minimum absolute atomic E-state index is 0.0276. The van der Waals surface area contributed by atoms with E-state index < -0.39 is 0 Å². The van der Waals surface area contributed by atoms with Crippen molar-refractivity contribution >= 4 is 5.91 Å². The number of aromatic amines is 1. The van der Waals surface area contributed by atoms with Gasteiger partial charge >= 0.3 is 0 Å². The zero-order valence-corrected chi connectivity index (χ0v) is 13.4. The second-order valence-corrected chi connectivity index (χ2v) is 6.35. The van der Waals surface area contributed by atoms with Crippen LogP contribution in [0.25, 0.3) is 0 Å². The number of ether oxygens (including phenoxy) is 2. The molecule has 0 aromatic carbocycles. The molecule has 2 aromatic heterocycles. The fourth-order valence-corrected chi connectivity index (χ4v) is 3.34. The highest BCUT2D eigenvalue weighted by Gasteiger charge is 2.50. The first-order valence-electron chi connectivity index (χ1n) is 8.01. The molecule has 0 radical (unpaired) electrons. The Morgan fingerprint density at radius 3 is 3.00 bits per heavy atom. The lowest BCUT2D eigenvalue weighted by Crippen LogP contribution is -2.67. The molecular formula is C16H19N5O3. The van der Waals surface area contributed by atoms with Gasteiger partial charge in [0.1, 0.15) is 17.4 Å². The molecule has 126 valence electrons. The number of imidazole rings is 1. The maximum absolute atomic E-state index is 12.4. The molecule has 4 heterocycles. The number of hydrogen-bond donors (Lipinski definition) is 1. The molecule has 1 spiro atoms. The highest BCUT2D eigenvalue weighted by atomic mass is 16.5. The van der Waals surface area contributed by atoms with Gasteiger partial charge in [-0.2, -0.15) is 0 Å². The summed E-state index contributed by atoms with van der Waals surface area (Å²) in [5.41, 5.74) is 0.952. The fraction of sp³-hybridized carbons (Fsp3) is 0.500. The summed E-state index contributed by atoms with van der Waals surface area (Å²) in [7, 11) is 0. The summed E-state index contributed by atoms with van der Waals surface area (Å²) < 4.78 is 11.9. The van der Waals surface area contributed by atoms with E-state index >= 15 is 0 Å². The summed E-state index contributed by atoms with van der Waals surface area (Å²) in [5.74, 6) is 0.471.